The van der Waals surface area contributed by atoms with Gasteiger partial charge in [-0.15, -0.1) is 0 Å². The van der Waals surface area contributed by atoms with Crippen molar-refractivity contribution in [3.05, 3.63) is 54.0 Å². The van der Waals surface area contributed by atoms with E-state index in [-0.39, 0.29) is 6.04 Å². The Morgan fingerprint density at radius 3 is 3.19 bits per heavy atom. The van der Waals surface area contributed by atoms with E-state index in [0.717, 1.165) is 25.4 Å². The van der Waals surface area contributed by atoms with Gasteiger partial charge in [-0.3, -0.25) is 10.00 Å². The number of hydrogen-bond donors (Lipinski definition) is 2. The first kappa shape index (κ1) is 12.6. The number of fused-ring (bicyclic) bond motifs is 1. The molecule has 3 heterocycles. The van der Waals surface area contributed by atoms with Crippen LogP contribution < -0.4 is 0 Å². The highest BCUT2D eigenvalue weighted by atomic mass is 16.5. The molecule has 2 N–H and O–H groups in total. The Labute approximate surface area is 122 Å². The third kappa shape index (κ3) is 2.34. The van der Waals surface area contributed by atoms with E-state index in [1.165, 1.54) is 16.5 Å². The standard InChI is InChI=1S/C16H18N4O/c1-2-12(13-4-6-17-14(13)3-1)10-20-8-9-21-11-16(20)15-5-7-18-19-15/h1-7,16-17H,8-11H2,(H,18,19). The van der Waals surface area contributed by atoms with Gasteiger partial charge in [0, 0.05) is 36.4 Å². The average molecular weight is 282 g/mol. The number of aromatic nitrogens is 3. The zero-order valence-corrected chi connectivity index (χ0v) is 11.7. The second-order valence-electron chi connectivity index (χ2n) is 5.43. The summed E-state index contributed by atoms with van der Waals surface area (Å²) in [6.07, 6.45) is 3.80. The maximum Gasteiger partial charge on any atom is 0.0755 e. The molecule has 1 unspecified atom stereocenters. The zero-order chi connectivity index (χ0) is 14.1. The molecule has 3 aromatic rings. The molecule has 4 rings (SSSR count). The van der Waals surface area contributed by atoms with Gasteiger partial charge in [0.25, 0.3) is 0 Å². The number of nitrogens with zero attached hydrogens (tertiary/aromatic N) is 2. The number of ether oxygens (including phenoxy) is 1. The average Bonchev–Trinajstić information content (AvgIpc) is 3.20. The van der Waals surface area contributed by atoms with Gasteiger partial charge in [-0.1, -0.05) is 12.1 Å². The van der Waals surface area contributed by atoms with Gasteiger partial charge < -0.3 is 9.72 Å². The van der Waals surface area contributed by atoms with Crippen LogP contribution in [0.4, 0.5) is 0 Å². The molecule has 5 heteroatoms. The summed E-state index contributed by atoms with van der Waals surface area (Å²) in [5, 5.41) is 8.44. The molecule has 1 aliphatic heterocycles. The quantitative estimate of drug-likeness (QED) is 0.776. The van der Waals surface area contributed by atoms with Crippen LogP contribution in [0.1, 0.15) is 17.3 Å². The molecule has 1 aromatic carbocycles. The molecule has 2 aromatic heterocycles. The van der Waals surface area contributed by atoms with E-state index in [1.54, 1.807) is 6.20 Å². The first-order chi connectivity index (χ1) is 10.4. The minimum Gasteiger partial charge on any atom is -0.378 e. The highest BCUT2D eigenvalue weighted by Crippen LogP contribution is 2.26. The molecule has 0 bridgehead atoms. The lowest BCUT2D eigenvalue weighted by atomic mass is 10.1. The Kier molecular flexibility index (Phi) is 3.21. The van der Waals surface area contributed by atoms with E-state index in [2.05, 4.69) is 44.3 Å². The lowest BCUT2D eigenvalue weighted by Crippen LogP contribution is -2.39. The Balaban J connectivity index is 1.64. The number of aromatic amines is 2. The van der Waals surface area contributed by atoms with Crippen molar-refractivity contribution in [2.75, 3.05) is 19.8 Å². The van der Waals surface area contributed by atoms with E-state index >= 15 is 0 Å². The Bertz CT molecular complexity index is 719. The largest absolute Gasteiger partial charge is 0.378 e. The van der Waals surface area contributed by atoms with Crippen molar-refractivity contribution < 1.29 is 4.74 Å². The summed E-state index contributed by atoms with van der Waals surface area (Å²) in [5.41, 5.74) is 3.66. The Morgan fingerprint density at radius 1 is 1.29 bits per heavy atom. The molecule has 108 valence electrons. The molecule has 0 radical (unpaired) electrons. The fraction of sp³-hybridized carbons (Fsp3) is 0.312. The number of nitrogens with one attached hydrogen (secondary N) is 2. The van der Waals surface area contributed by atoms with Crippen molar-refractivity contribution in [1.29, 1.82) is 0 Å². The highest BCUT2D eigenvalue weighted by molar-refractivity contribution is 5.82. The first-order valence-electron chi connectivity index (χ1n) is 7.28. The predicted octanol–water partition coefficient (Wildman–Crippen LogP) is 2.46. The molecular weight excluding hydrogens is 264 g/mol. The third-order valence-corrected chi connectivity index (χ3v) is 4.18. The summed E-state index contributed by atoms with van der Waals surface area (Å²) in [5.74, 6) is 0. The van der Waals surface area contributed by atoms with Gasteiger partial charge in [0.1, 0.15) is 0 Å². The molecule has 1 atom stereocenters. The lowest BCUT2D eigenvalue weighted by molar-refractivity contribution is -0.0140. The summed E-state index contributed by atoms with van der Waals surface area (Å²) < 4.78 is 5.65. The third-order valence-electron chi connectivity index (χ3n) is 4.18. The van der Waals surface area contributed by atoms with Crippen molar-refractivity contribution in [2.45, 2.75) is 12.6 Å². The molecule has 1 saturated heterocycles. The normalized spacial score (nSPS) is 20.1. The Morgan fingerprint density at radius 2 is 2.29 bits per heavy atom. The molecule has 0 saturated carbocycles. The topological polar surface area (TPSA) is 56.9 Å². The van der Waals surface area contributed by atoms with E-state index in [9.17, 15) is 0 Å². The first-order valence-corrected chi connectivity index (χ1v) is 7.28. The van der Waals surface area contributed by atoms with Crippen LogP contribution in [0, 0.1) is 0 Å². The smallest absolute Gasteiger partial charge is 0.0755 e. The minimum atomic E-state index is 0.246. The van der Waals surface area contributed by atoms with Gasteiger partial charge in [0.05, 0.1) is 24.9 Å². The second kappa shape index (κ2) is 5.35. The number of hydrogen-bond acceptors (Lipinski definition) is 3. The van der Waals surface area contributed by atoms with E-state index in [1.807, 2.05) is 12.3 Å². The molecule has 1 fully saturated rings. The van der Waals surface area contributed by atoms with Crippen molar-refractivity contribution in [3.8, 4) is 0 Å². The number of H-pyrrole nitrogens is 2. The molecule has 0 amide bonds. The van der Waals surface area contributed by atoms with Crippen LogP contribution in [-0.2, 0) is 11.3 Å². The monoisotopic (exact) mass is 282 g/mol. The van der Waals surface area contributed by atoms with Crippen LogP contribution in [0.3, 0.4) is 0 Å². The summed E-state index contributed by atoms with van der Waals surface area (Å²) in [4.78, 5) is 5.73. The van der Waals surface area contributed by atoms with Gasteiger partial charge >= 0.3 is 0 Å². The van der Waals surface area contributed by atoms with E-state index in [4.69, 9.17) is 4.74 Å². The number of benzene rings is 1. The molecule has 21 heavy (non-hydrogen) atoms. The maximum atomic E-state index is 5.65. The highest BCUT2D eigenvalue weighted by Gasteiger charge is 2.26. The van der Waals surface area contributed by atoms with E-state index < -0.39 is 0 Å². The van der Waals surface area contributed by atoms with Crippen molar-refractivity contribution >= 4 is 10.9 Å². The van der Waals surface area contributed by atoms with Gasteiger partial charge in [0.15, 0.2) is 0 Å². The Hall–Kier alpha value is -2.11. The number of rotatable bonds is 3. The van der Waals surface area contributed by atoms with Crippen molar-refractivity contribution in [1.82, 2.24) is 20.1 Å². The predicted molar refractivity (Wildman–Crippen MR) is 80.9 cm³/mol. The fourth-order valence-corrected chi connectivity index (χ4v) is 3.07. The second-order valence-corrected chi connectivity index (χ2v) is 5.43. The van der Waals surface area contributed by atoms with Gasteiger partial charge in [-0.25, -0.2) is 0 Å². The van der Waals surface area contributed by atoms with Crippen LogP contribution in [0.15, 0.2) is 42.7 Å². The van der Waals surface area contributed by atoms with Gasteiger partial charge in [-0.05, 0) is 23.8 Å². The van der Waals surface area contributed by atoms with Crippen LogP contribution in [0.2, 0.25) is 0 Å². The van der Waals surface area contributed by atoms with Crippen LogP contribution in [0.5, 0.6) is 0 Å². The van der Waals surface area contributed by atoms with Crippen LogP contribution >= 0.6 is 0 Å². The number of morpholine rings is 1. The fourth-order valence-electron chi connectivity index (χ4n) is 3.07. The molecule has 0 aliphatic carbocycles. The summed E-state index contributed by atoms with van der Waals surface area (Å²) in [7, 11) is 0. The molecule has 0 spiro atoms. The summed E-state index contributed by atoms with van der Waals surface area (Å²) in [6.45, 7) is 3.35. The molecular formula is C16H18N4O. The SMILES string of the molecule is c1cc(CN2CCOCC2c2ccn[nH]2)c2cc[nH]c2c1. The minimum absolute atomic E-state index is 0.246. The summed E-state index contributed by atoms with van der Waals surface area (Å²) >= 11 is 0. The summed E-state index contributed by atoms with van der Waals surface area (Å²) in [6, 6.07) is 10.9. The zero-order valence-electron chi connectivity index (χ0n) is 11.7. The van der Waals surface area contributed by atoms with Crippen molar-refractivity contribution in [2.24, 2.45) is 0 Å². The van der Waals surface area contributed by atoms with Crippen LogP contribution in [0.25, 0.3) is 10.9 Å². The van der Waals surface area contributed by atoms with E-state index in [0.29, 0.717) is 6.61 Å². The lowest BCUT2D eigenvalue weighted by Gasteiger charge is -2.35. The van der Waals surface area contributed by atoms with Gasteiger partial charge in [-0.2, -0.15) is 5.10 Å². The maximum absolute atomic E-state index is 5.65. The van der Waals surface area contributed by atoms with Crippen LogP contribution in [-0.4, -0.2) is 39.8 Å². The molecule has 1 aliphatic rings. The van der Waals surface area contributed by atoms with Crippen molar-refractivity contribution in [3.63, 3.8) is 0 Å². The van der Waals surface area contributed by atoms with Gasteiger partial charge in [0.2, 0.25) is 0 Å². The molecule has 5 nitrogen and oxygen atoms in total.